The summed E-state index contributed by atoms with van der Waals surface area (Å²) in [5.74, 6) is 0. The molecule has 0 aromatic carbocycles. The number of rotatable bonds is 0. The Morgan fingerprint density at radius 2 is 1.43 bits per heavy atom. The van der Waals surface area contributed by atoms with Crippen LogP contribution in [0.2, 0.25) is 0 Å². The molecular formula is CH5FLaO3S. The monoisotopic (exact) mass is 255 g/mol. The predicted molar refractivity (Wildman–Crippen MR) is 20.0 cm³/mol. The molecule has 0 unspecified atom stereocenters. The fourth-order valence-electron chi connectivity index (χ4n) is 0. The normalized spacial score (nSPS) is 8.29. The van der Waals surface area contributed by atoms with E-state index in [1.165, 1.54) is 0 Å². The Hall–Kier alpha value is 1.03. The summed E-state index contributed by atoms with van der Waals surface area (Å²) in [6.07, 6.45) is 0.715. The summed E-state index contributed by atoms with van der Waals surface area (Å²) in [5.41, 5.74) is 0. The molecule has 0 aliphatic rings. The summed E-state index contributed by atoms with van der Waals surface area (Å²) < 4.78 is 25.9. The van der Waals surface area contributed by atoms with Crippen molar-refractivity contribution in [2.24, 2.45) is 0 Å². The molecule has 0 saturated heterocycles. The summed E-state index contributed by atoms with van der Waals surface area (Å²) in [4.78, 5) is 0. The van der Waals surface area contributed by atoms with Crippen LogP contribution < -0.4 is 0 Å². The van der Waals surface area contributed by atoms with Crippen LogP contribution in [0.4, 0.5) is 4.70 Å². The summed E-state index contributed by atoms with van der Waals surface area (Å²) in [6.45, 7) is 0. The minimum absolute atomic E-state index is 0. The topological polar surface area (TPSA) is 54.4 Å². The molecule has 0 aliphatic heterocycles. The van der Waals surface area contributed by atoms with Gasteiger partial charge in [0.25, 0.3) is 10.1 Å². The molecule has 0 spiro atoms. The van der Waals surface area contributed by atoms with Gasteiger partial charge in [-0.05, 0) is 0 Å². The average molecular weight is 255 g/mol. The molecule has 6 heteroatoms. The SMILES string of the molecule is CS(=O)(=O)O.F.[La]. The molecular weight excluding hydrogens is 250 g/mol. The summed E-state index contributed by atoms with van der Waals surface area (Å²) in [5, 5.41) is 0. The third-order valence-electron chi connectivity index (χ3n) is 0. The first-order valence-corrected chi connectivity index (χ1v) is 2.77. The van der Waals surface area contributed by atoms with Gasteiger partial charge in [-0.2, -0.15) is 8.42 Å². The fourth-order valence-corrected chi connectivity index (χ4v) is 0. The molecule has 3 nitrogen and oxygen atoms in total. The molecule has 0 rings (SSSR count). The maximum absolute atomic E-state index is 9.19. The van der Waals surface area contributed by atoms with Gasteiger partial charge >= 0.3 is 0 Å². The first-order valence-electron chi connectivity index (χ1n) is 0.924. The van der Waals surface area contributed by atoms with Crippen molar-refractivity contribution >= 4 is 10.1 Å². The largest absolute Gasteiger partial charge is 0.286 e. The molecule has 0 atom stereocenters. The maximum Gasteiger partial charge on any atom is 0.261 e. The van der Waals surface area contributed by atoms with Crippen LogP contribution in [0, 0.1) is 35.6 Å². The van der Waals surface area contributed by atoms with Gasteiger partial charge in [0.1, 0.15) is 0 Å². The van der Waals surface area contributed by atoms with E-state index in [-0.39, 0.29) is 40.3 Å². The van der Waals surface area contributed by atoms with E-state index in [0.29, 0.717) is 6.26 Å². The molecule has 0 aromatic heterocycles. The van der Waals surface area contributed by atoms with Gasteiger partial charge in [-0.3, -0.25) is 9.26 Å². The van der Waals surface area contributed by atoms with Crippen molar-refractivity contribution in [2.45, 2.75) is 0 Å². The van der Waals surface area contributed by atoms with Crippen molar-refractivity contribution in [3.63, 3.8) is 0 Å². The zero-order valence-corrected chi connectivity index (χ0v) is 8.10. The van der Waals surface area contributed by atoms with E-state index >= 15 is 0 Å². The predicted octanol–water partition coefficient (Wildman–Crippen LogP) is -0.343. The average Bonchev–Trinajstić information content (AvgIpc) is 0.722. The van der Waals surface area contributed by atoms with Crippen LogP contribution in [0.1, 0.15) is 0 Å². The third-order valence-corrected chi connectivity index (χ3v) is 0. The van der Waals surface area contributed by atoms with Gasteiger partial charge in [0, 0.05) is 35.6 Å². The van der Waals surface area contributed by atoms with Gasteiger partial charge in [-0.1, -0.05) is 0 Å². The molecule has 0 bridgehead atoms. The summed E-state index contributed by atoms with van der Waals surface area (Å²) >= 11 is 0. The van der Waals surface area contributed by atoms with Gasteiger partial charge in [-0.15, -0.1) is 0 Å². The molecule has 0 heterocycles. The van der Waals surface area contributed by atoms with E-state index in [9.17, 15) is 8.42 Å². The second-order valence-corrected chi connectivity index (χ2v) is 2.20. The van der Waals surface area contributed by atoms with Crippen LogP contribution in [0.15, 0.2) is 0 Å². The van der Waals surface area contributed by atoms with Crippen LogP contribution >= 0.6 is 0 Å². The van der Waals surface area contributed by atoms with Crippen LogP contribution in [-0.4, -0.2) is 19.2 Å². The molecule has 7 heavy (non-hydrogen) atoms. The van der Waals surface area contributed by atoms with E-state index in [0.717, 1.165) is 0 Å². The molecule has 0 aliphatic carbocycles. The van der Waals surface area contributed by atoms with Crippen molar-refractivity contribution < 1.29 is 53.3 Å². The quantitative estimate of drug-likeness (QED) is 0.602. The van der Waals surface area contributed by atoms with Crippen LogP contribution in [-0.2, 0) is 10.1 Å². The van der Waals surface area contributed by atoms with E-state index < -0.39 is 10.1 Å². The van der Waals surface area contributed by atoms with Crippen LogP contribution in [0.3, 0.4) is 0 Å². The summed E-state index contributed by atoms with van der Waals surface area (Å²) in [7, 11) is -3.67. The molecule has 0 saturated carbocycles. The van der Waals surface area contributed by atoms with Gasteiger partial charge in [0.2, 0.25) is 0 Å². The van der Waals surface area contributed by atoms with Gasteiger partial charge < -0.3 is 0 Å². The van der Waals surface area contributed by atoms with Gasteiger partial charge in [0.15, 0.2) is 0 Å². The Kier molecular flexibility index (Phi) is 11.6. The van der Waals surface area contributed by atoms with Crippen molar-refractivity contribution in [2.75, 3.05) is 6.26 Å². The molecule has 0 amide bonds. The first-order chi connectivity index (χ1) is 2.00. The van der Waals surface area contributed by atoms with E-state index in [2.05, 4.69) is 0 Å². The second-order valence-electron chi connectivity index (χ2n) is 0.733. The Morgan fingerprint density at radius 1 is 1.43 bits per heavy atom. The molecule has 0 fully saturated rings. The van der Waals surface area contributed by atoms with E-state index in [4.69, 9.17) is 4.55 Å². The van der Waals surface area contributed by atoms with Crippen LogP contribution in [0.25, 0.3) is 0 Å². The first kappa shape index (κ1) is 15.7. The van der Waals surface area contributed by atoms with Crippen molar-refractivity contribution in [1.82, 2.24) is 0 Å². The minimum atomic E-state index is -3.67. The molecule has 1 radical (unpaired) electrons. The Morgan fingerprint density at radius 3 is 1.43 bits per heavy atom. The smallest absolute Gasteiger partial charge is 0.261 e. The van der Waals surface area contributed by atoms with Crippen molar-refractivity contribution in [3.05, 3.63) is 0 Å². The molecule has 0 aromatic rings. The minimum Gasteiger partial charge on any atom is -0.286 e. The third kappa shape index (κ3) is 167. The zero-order chi connectivity index (χ0) is 4.50. The molecule has 1 N–H and O–H groups in total. The Bertz CT molecular complexity index is 98.1. The zero-order valence-electron chi connectivity index (χ0n) is 3.66. The maximum atomic E-state index is 9.19. The number of halogens is 1. The Balaban J connectivity index is -0.0000000800. The fraction of sp³-hybridized carbons (Fsp3) is 1.00. The van der Waals surface area contributed by atoms with Gasteiger partial charge in [-0.25, -0.2) is 0 Å². The van der Waals surface area contributed by atoms with E-state index in [1.807, 2.05) is 0 Å². The number of hydrogen-bond donors (Lipinski definition) is 1. The second kappa shape index (κ2) is 5.18. The standard InChI is InChI=1S/CH4O3S.FH.La/c1-5(2,3)4;;/h1H3,(H,2,3,4);1H;. The van der Waals surface area contributed by atoms with Crippen molar-refractivity contribution in [3.8, 4) is 0 Å². The number of hydrogen-bond acceptors (Lipinski definition) is 2. The van der Waals surface area contributed by atoms with Crippen LogP contribution in [0.5, 0.6) is 0 Å². The van der Waals surface area contributed by atoms with Gasteiger partial charge in [0.05, 0.1) is 6.26 Å². The Labute approximate surface area is 69.2 Å². The van der Waals surface area contributed by atoms with Crippen molar-refractivity contribution in [1.29, 1.82) is 0 Å². The molecule has 43 valence electrons. The summed E-state index contributed by atoms with van der Waals surface area (Å²) in [6, 6.07) is 0. The van der Waals surface area contributed by atoms with E-state index in [1.54, 1.807) is 0 Å².